The second kappa shape index (κ2) is 10.6. The largest absolute Gasteiger partial charge is 0.504 e. The van der Waals surface area contributed by atoms with Crippen LogP contribution in [0.25, 0.3) is 0 Å². The van der Waals surface area contributed by atoms with Crippen LogP contribution in [0.4, 0.5) is 4.39 Å². The van der Waals surface area contributed by atoms with Crippen molar-refractivity contribution < 1.29 is 58.9 Å². The van der Waals surface area contributed by atoms with Gasteiger partial charge in [0.25, 0.3) is 11.8 Å². The van der Waals surface area contributed by atoms with Crippen molar-refractivity contribution in [3.05, 3.63) is 71.1 Å². The number of phenols is 1. The highest BCUT2D eigenvalue weighted by atomic mass is 19.1. The van der Waals surface area contributed by atoms with Crippen LogP contribution >= 0.6 is 0 Å². The molecule has 1 saturated heterocycles. The molecule has 7 atom stereocenters. The number of benzene rings is 2. The second-order valence-electron chi connectivity index (χ2n) is 12.0. The number of carbonyl (C=O) groups excluding carboxylic acids is 2. The zero-order valence-corrected chi connectivity index (χ0v) is 23.8. The molecule has 2 aromatic rings. The number of halogens is 1. The summed E-state index contributed by atoms with van der Waals surface area (Å²) in [5.74, 6) is -5.16. The van der Waals surface area contributed by atoms with Crippen LogP contribution in [0.2, 0.25) is 0 Å². The van der Waals surface area contributed by atoms with Gasteiger partial charge in [0.05, 0.1) is 28.2 Å². The van der Waals surface area contributed by atoms with Gasteiger partial charge in [-0.1, -0.05) is 18.2 Å². The quantitative estimate of drug-likeness (QED) is 0.191. The van der Waals surface area contributed by atoms with Crippen molar-refractivity contribution in [1.29, 1.82) is 0 Å². The molecular formula is C31H31FN2O11. The zero-order valence-electron chi connectivity index (χ0n) is 23.8. The van der Waals surface area contributed by atoms with E-state index in [2.05, 4.69) is 11.5 Å². The molecule has 2 amide bonds. The Labute approximate surface area is 255 Å². The number of carbonyl (C=O) groups is 4. The molecule has 14 heteroatoms. The lowest BCUT2D eigenvalue weighted by Crippen LogP contribution is -2.78. The lowest BCUT2D eigenvalue weighted by molar-refractivity contribution is -0.194. The Morgan fingerprint density at radius 2 is 1.78 bits per heavy atom. The summed E-state index contributed by atoms with van der Waals surface area (Å²) in [7, 11) is 0. The molecule has 13 nitrogen and oxygen atoms in total. The van der Waals surface area contributed by atoms with Crippen LogP contribution in [0.15, 0.2) is 43.0 Å². The van der Waals surface area contributed by atoms with E-state index in [9.17, 15) is 33.8 Å². The molecule has 1 spiro atoms. The van der Waals surface area contributed by atoms with Gasteiger partial charge in [0.1, 0.15) is 11.9 Å². The minimum absolute atomic E-state index is 0.0194. The number of carboxylic acid groups (broad SMARTS) is 2. The highest BCUT2D eigenvalue weighted by Gasteiger charge is 2.74. The van der Waals surface area contributed by atoms with E-state index in [-0.39, 0.29) is 22.9 Å². The summed E-state index contributed by atoms with van der Waals surface area (Å²) < 4.78 is 21.0. The van der Waals surface area contributed by atoms with Crippen LogP contribution in [0.3, 0.4) is 0 Å². The molecule has 5 aliphatic rings. The molecule has 7 rings (SSSR count). The lowest BCUT2D eigenvalue weighted by Gasteiger charge is -2.64. The summed E-state index contributed by atoms with van der Waals surface area (Å²) in [6.45, 7) is 5.19. The van der Waals surface area contributed by atoms with Crippen LogP contribution in [0, 0.1) is 5.82 Å². The van der Waals surface area contributed by atoms with E-state index in [1.54, 1.807) is 6.07 Å². The third-order valence-corrected chi connectivity index (χ3v) is 9.94. The summed E-state index contributed by atoms with van der Waals surface area (Å²) in [5, 5.41) is 55.7. The van der Waals surface area contributed by atoms with Crippen molar-refractivity contribution >= 4 is 23.8 Å². The maximum atomic E-state index is 14.6. The van der Waals surface area contributed by atoms with Crippen LogP contribution < -0.4 is 4.74 Å². The fourth-order valence-corrected chi connectivity index (χ4v) is 8.09. The number of piperidine rings is 1. The summed E-state index contributed by atoms with van der Waals surface area (Å²) in [6, 6.07) is 6.66. The molecule has 2 aliphatic carbocycles. The molecule has 2 fully saturated rings. The summed E-state index contributed by atoms with van der Waals surface area (Å²) in [4.78, 5) is 49.7. The number of fused-ring (bicyclic) bond motifs is 1. The number of aromatic hydroxyl groups is 1. The van der Waals surface area contributed by atoms with Gasteiger partial charge < -0.3 is 35.4 Å². The number of rotatable bonds is 6. The third-order valence-electron chi connectivity index (χ3n) is 9.94. The van der Waals surface area contributed by atoms with Crippen LogP contribution in [-0.2, 0) is 21.4 Å². The van der Waals surface area contributed by atoms with Crippen LogP contribution in [0.1, 0.15) is 51.1 Å². The van der Waals surface area contributed by atoms with Gasteiger partial charge in [-0.25, -0.2) is 14.0 Å². The number of phenolic OH excluding ortho intramolecular Hbond substituents is 1. The molecule has 3 heterocycles. The summed E-state index contributed by atoms with van der Waals surface area (Å²) in [6.07, 6.45) is -1.64. The molecule has 1 saturated carbocycles. The predicted octanol–water partition coefficient (Wildman–Crippen LogP) is 0.414. The van der Waals surface area contributed by atoms with Crippen molar-refractivity contribution in [2.45, 2.75) is 67.1 Å². The number of amides is 2. The molecule has 0 radical (unpaired) electrons. The molecule has 3 aliphatic heterocycles. The molecule has 0 aromatic heterocycles. The van der Waals surface area contributed by atoms with Crippen molar-refractivity contribution in [3.63, 3.8) is 0 Å². The molecule has 6 N–H and O–H groups in total. The minimum atomic E-state index is -2.27. The van der Waals surface area contributed by atoms with Crippen molar-refractivity contribution in [3.8, 4) is 11.5 Å². The second-order valence-corrected chi connectivity index (χ2v) is 12.0. The number of likely N-dealkylation sites (tertiary alicyclic amines) is 1. The number of ether oxygens (including phenoxy) is 1. The van der Waals surface area contributed by atoms with Gasteiger partial charge in [-0.15, -0.1) is 6.58 Å². The molecule has 2 aromatic carbocycles. The Morgan fingerprint density at radius 3 is 2.40 bits per heavy atom. The molecular weight excluding hydrogens is 595 g/mol. The smallest absolute Gasteiger partial charge is 0.335 e. The lowest BCUT2D eigenvalue weighted by atomic mass is 9.48. The van der Waals surface area contributed by atoms with E-state index >= 15 is 0 Å². The Balaban J connectivity index is 0.000000311. The Kier molecular flexibility index (Phi) is 7.23. The van der Waals surface area contributed by atoms with Crippen molar-refractivity contribution in [2.75, 3.05) is 13.1 Å². The average Bonchev–Trinajstić information content (AvgIpc) is 3.48. The molecule has 238 valence electrons. The van der Waals surface area contributed by atoms with Gasteiger partial charge in [0.15, 0.2) is 23.7 Å². The van der Waals surface area contributed by atoms with E-state index in [0.717, 1.165) is 16.0 Å². The molecule has 2 unspecified atom stereocenters. The summed E-state index contributed by atoms with van der Waals surface area (Å²) >= 11 is 0. The highest BCUT2D eigenvalue weighted by Crippen LogP contribution is 2.66. The Bertz CT molecular complexity index is 1630. The highest BCUT2D eigenvalue weighted by molar-refractivity contribution is 6.21. The van der Waals surface area contributed by atoms with E-state index in [1.807, 2.05) is 12.1 Å². The first-order chi connectivity index (χ1) is 21.3. The maximum Gasteiger partial charge on any atom is 0.335 e. The molecule has 45 heavy (non-hydrogen) atoms. The normalized spacial score (nSPS) is 30.3. The number of hydrogen-bond donors (Lipinski definition) is 6. The zero-order chi connectivity index (χ0) is 32.6. The van der Waals surface area contributed by atoms with Gasteiger partial charge >= 0.3 is 11.9 Å². The minimum Gasteiger partial charge on any atom is -0.504 e. The number of carboxylic acids is 2. The summed E-state index contributed by atoms with van der Waals surface area (Å²) in [5.41, 5.74) is -0.434. The first-order valence-corrected chi connectivity index (χ1v) is 14.4. The topological polar surface area (TPSA) is 205 Å². The molecule has 2 bridgehead atoms. The van der Waals surface area contributed by atoms with Gasteiger partial charge in [0.2, 0.25) is 0 Å². The predicted molar refractivity (Wildman–Crippen MR) is 150 cm³/mol. The van der Waals surface area contributed by atoms with Crippen molar-refractivity contribution in [1.82, 2.24) is 9.80 Å². The van der Waals surface area contributed by atoms with E-state index in [0.29, 0.717) is 44.5 Å². The Hall–Kier alpha value is -4.37. The number of nitrogens with zero attached hydrogens (tertiary/aromatic N) is 2. The first-order valence-electron chi connectivity index (χ1n) is 14.4. The maximum absolute atomic E-state index is 14.6. The van der Waals surface area contributed by atoms with Crippen molar-refractivity contribution in [2.24, 2.45) is 0 Å². The van der Waals surface area contributed by atoms with Gasteiger partial charge in [-0.3, -0.25) is 19.4 Å². The standard InChI is InChI=1S/C27H25FN2O5.C4H6O6/c1-2-11-29-12-10-26-21-14-6-7-18(31)22(21)35-23(26)17(8-9-27(26,34)19(29)13-14)30-24(32)15-4-3-5-16(28)20(15)25(30)33;5-1(3(7)8)2(6)4(9)10/h2-7,17,19,23,31,34H,1,8-13H2;1-2,5-6H,(H,7,8)(H,9,10)/t17-,19-,23-,26+,27-;/m1./s1. The van der Waals surface area contributed by atoms with E-state index < -0.39 is 64.9 Å². The number of aliphatic hydroxyl groups is 3. The monoisotopic (exact) mass is 626 g/mol. The van der Waals surface area contributed by atoms with Crippen LogP contribution in [0.5, 0.6) is 11.5 Å². The third kappa shape index (κ3) is 4.13. The number of imide groups is 1. The number of hydrogen-bond acceptors (Lipinski definition) is 10. The van der Waals surface area contributed by atoms with E-state index in [4.69, 9.17) is 25.2 Å². The first kappa shape index (κ1) is 30.6. The van der Waals surface area contributed by atoms with E-state index in [1.165, 1.54) is 18.2 Å². The SMILES string of the molecule is C=CCN1CC[C@]23c4c5ccc(O)c4O[C@@H]2[C@H](N2C(=O)c4cccc(F)c4C2=O)CC[C@@]3(O)[C@H]1C5.O=C(O)C(O)C(O)C(=O)O. The average molecular weight is 627 g/mol. The number of aliphatic carboxylic acids is 2. The number of aliphatic hydroxyl groups excluding tert-OH is 2. The van der Waals surface area contributed by atoms with Gasteiger partial charge in [-0.2, -0.15) is 0 Å². The van der Waals surface area contributed by atoms with Gasteiger partial charge in [0, 0.05) is 18.2 Å². The van der Waals surface area contributed by atoms with Crippen LogP contribution in [-0.4, -0.2) is 113 Å². The fourth-order valence-electron chi connectivity index (χ4n) is 8.09. The Morgan fingerprint density at radius 1 is 1.09 bits per heavy atom. The fraction of sp³-hybridized carbons (Fsp3) is 0.419. The van der Waals surface area contributed by atoms with Gasteiger partial charge in [-0.05, 0) is 56.0 Å².